The Labute approximate surface area is 305 Å². The van der Waals surface area contributed by atoms with Crippen LogP contribution in [-0.4, -0.2) is 80.2 Å². The van der Waals surface area contributed by atoms with Gasteiger partial charge in [-0.05, 0) is 74.1 Å². The van der Waals surface area contributed by atoms with Gasteiger partial charge in [0, 0.05) is 51.6 Å². The van der Waals surface area contributed by atoms with Crippen LogP contribution in [0, 0.1) is 13.8 Å². The number of aromatic amines is 2. The van der Waals surface area contributed by atoms with Gasteiger partial charge in [0.15, 0.2) is 0 Å². The highest BCUT2D eigenvalue weighted by Crippen LogP contribution is 2.44. The number of rotatable bonds is 11. The molecule has 5 heterocycles. The van der Waals surface area contributed by atoms with E-state index in [4.69, 9.17) is 24.5 Å². The first-order valence-corrected chi connectivity index (χ1v) is 17.2. The number of fused-ring (bicyclic) bond motifs is 8. The molecule has 0 spiro atoms. The number of aliphatic carboxylic acids is 2. The van der Waals surface area contributed by atoms with Gasteiger partial charge in [-0.15, -0.1) is 0 Å². The topological polar surface area (TPSA) is 214 Å². The van der Waals surface area contributed by atoms with Gasteiger partial charge in [-0.3, -0.25) is 14.6 Å². The Morgan fingerprint density at radius 1 is 0.943 bits per heavy atom. The number of aromatic nitrogens is 4. The summed E-state index contributed by atoms with van der Waals surface area (Å²) in [6.07, 6.45) is 1.51. The molecule has 0 aromatic carbocycles. The van der Waals surface area contributed by atoms with Gasteiger partial charge in [0.05, 0.1) is 43.3 Å². The van der Waals surface area contributed by atoms with Gasteiger partial charge in [0.2, 0.25) is 5.91 Å². The highest BCUT2D eigenvalue weighted by Gasteiger charge is 2.38. The summed E-state index contributed by atoms with van der Waals surface area (Å²) in [5.41, 5.74) is 8.69. The quantitative estimate of drug-likeness (QED) is 0.150. The van der Waals surface area contributed by atoms with Crippen molar-refractivity contribution in [1.82, 2.24) is 25.3 Å². The van der Waals surface area contributed by atoms with Crippen LogP contribution < -0.4 is 5.32 Å². The summed E-state index contributed by atoms with van der Waals surface area (Å²) in [7, 11) is 2.44. The summed E-state index contributed by atoms with van der Waals surface area (Å²) in [4.78, 5) is 80.2. The smallest absolute Gasteiger partial charge is 0.341 e. The van der Waals surface area contributed by atoms with Crippen molar-refractivity contribution in [2.75, 3.05) is 14.2 Å². The molecule has 53 heavy (non-hydrogen) atoms. The number of carboxylic acid groups (broad SMARTS) is 2. The first kappa shape index (κ1) is 38.2. The monoisotopic (exact) mass is 725 g/mol. The zero-order valence-corrected chi connectivity index (χ0v) is 30.7. The third-order valence-corrected chi connectivity index (χ3v) is 10.1. The van der Waals surface area contributed by atoms with E-state index in [-0.39, 0.29) is 35.4 Å². The number of ether oxygens (including phenoxy) is 2. The van der Waals surface area contributed by atoms with Gasteiger partial charge in [0.1, 0.15) is 11.6 Å². The first-order chi connectivity index (χ1) is 25.1. The van der Waals surface area contributed by atoms with E-state index in [2.05, 4.69) is 21.9 Å². The van der Waals surface area contributed by atoms with Crippen molar-refractivity contribution in [2.24, 2.45) is 0 Å². The Morgan fingerprint density at radius 2 is 1.60 bits per heavy atom. The lowest BCUT2D eigenvalue weighted by Gasteiger charge is -2.19. The number of nitrogens with one attached hydrogen (secondary N) is 3. The van der Waals surface area contributed by atoms with Gasteiger partial charge in [-0.2, -0.15) is 0 Å². The third kappa shape index (κ3) is 7.21. The predicted molar refractivity (Wildman–Crippen MR) is 198 cm³/mol. The maximum atomic E-state index is 13.9. The van der Waals surface area contributed by atoms with E-state index in [0.29, 0.717) is 23.4 Å². The zero-order valence-electron chi connectivity index (χ0n) is 30.7. The van der Waals surface area contributed by atoms with Gasteiger partial charge < -0.3 is 35.0 Å². The highest BCUT2D eigenvalue weighted by atomic mass is 16.5. The molecule has 3 aromatic rings. The summed E-state index contributed by atoms with van der Waals surface area (Å²) in [6, 6.07) is 4.09. The van der Waals surface area contributed by atoms with E-state index in [1.807, 2.05) is 45.9 Å². The normalized spacial score (nSPS) is 15.8. The molecule has 2 aliphatic heterocycles. The second-order valence-electron chi connectivity index (χ2n) is 13.2. The molecule has 0 aliphatic carbocycles. The van der Waals surface area contributed by atoms with Crippen LogP contribution in [0.4, 0.5) is 0 Å². The number of H-pyrrole nitrogens is 2. The van der Waals surface area contributed by atoms with E-state index >= 15 is 0 Å². The molecule has 3 aromatic heterocycles. The lowest BCUT2D eigenvalue weighted by molar-refractivity contribution is -0.147. The minimum atomic E-state index is -1.63. The molecule has 0 saturated heterocycles. The van der Waals surface area contributed by atoms with E-state index in [1.54, 1.807) is 13.0 Å². The molecule has 0 saturated carbocycles. The molecule has 14 nitrogen and oxygen atoms in total. The van der Waals surface area contributed by atoms with Crippen LogP contribution >= 0.6 is 0 Å². The van der Waals surface area contributed by atoms with E-state index in [9.17, 15) is 29.1 Å². The fourth-order valence-corrected chi connectivity index (χ4v) is 7.16. The maximum Gasteiger partial charge on any atom is 0.341 e. The second-order valence-corrected chi connectivity index (χ2v) is 13.2. The lowest BCUT2D eigenvalue weighted by atomic mass is 9.85. The molecule has 3 atom stereocenters. The van der Waals surface area contributed by atoms with Crippen molar-refractivity contribution in [1.29, 1.82) is 0 Å². The van der Waals surface area contributed by atoms with Gasteiger partial charge >= 0.3 is 23.9 Å². The molecular formula is C39H43N5O9. The summed E-state index contributed by atoms with van der Waals surface area (Å²) in [5, 5.41) is 20.9. The van der Waals surface area contributed by atoms with Crippen LogP contribution in [0.25, 0.3) is 39.3 Å². The van der Waals surface area contributed by atoms with Crippen molar-refractivity contribution >= 4 is 69.1 Å². The summed E-state index contributed by atoms with van der Waals surface area (Å²) < 4.78 is 10.5. The van der Waals surface area contributed by atoms with Gasteiger partial charge in [-0.25, -0.2) is 19.4 Å². The van der Waals surface area contributed by atoms with Crippen molar-refractivity contribution in [3.63, 3.8) is 0 Å². The number of amides is 1. The molecule has 2 aliphatic rings. The van der Waals surface area contributed by atoms with Crippen molar-refractivity contribution in [2.45, 2.75) is 78.2 Å². The SMILES string of the molecule is C=Cc1c(C)c2cc3nc(c(C(=O)OC)c4nc(cc5[nH]c(cc1[nH]2)c(C)c5CC)C(C)=C4C(=O)OC)[C@@H](CCC(=O)NC(CC(=O)O)C(=O)O)[C@@H]3C. The fraction of sp³-hybridized carbons (Fsp3) is 0.359. The Morgan fingerprint density at radius 3 is 2.21 bits per heavy atom. The van der Waals surface area contributed by atoms with Crippen molar-refractivity contribution in [3.8, 4) is 0 Å². The van der Waals surface area contributed by atoms with Crippen LogP contribution in [0.2, 0.25) is 0 Å². The number of nitrogens with zero attached hydrogens (tertiary/aromatic N) is 2. The van der Waals surface area contributed by atoms with Crippen LogP contribution in [0.5, 0.6) is 0 Å². The first-order valence-electron chi connectivity index (χ1n) is 17.2. The molecule has 0 radical (unpaired) electrons. The maximum absolute atomic E-state index is 13.9. The minimum absolute atomic E-state index is 0.00833. The molecule has 0 fully saturated rings. The number of methoxy groups -OCH3 is 2. The Kier molecular flexibility index (Phi) is 11.0. The number of carbonyl (C=O) groups excluding carboxylic acids is 3. The average Bonchev–Trinajstić information content (AvgIpc) is 3.79. The molecule has 8 bridgehead atoms. The number of carbonyl (C=O) groups is 5. The van der Waals surface area contributed by atoms with Crippen LogP contribution in [-0.2, 0) is 35.1 Å². The molecule has 278 valence electrons. The lowest BCUT2D eigenvalue weighted by Crippen LogP contribution is -2.42. The number of carboxylic acids is 2. The second kappa shape index (κ2) is 15.3. The van der Waals surface area contributed by atoms with Crippen molar-refractivity contribution in [3.05, 3.63) is 75.4 Å². The zero-order chi connectivity index (χ0) is 38.9. The summed E-state index contributed by atoms with van der Waals surface area (Å²) >= 11 is 0. The largest absolute Gasteiger partial charge is 0.481 e. The van der Waals surface area contributed by atoms with Crippen LogP contribution in [0.1, 0.15) is 107 Å². The Hall–Kier alpha value is -6.05. The summed E-state index contributed by atoms with van der Waals surface area (Å²) in [5.74, 6) is -6.14. The van der Waals surface area contributed by atoms with Gasteiger partial charge in [0.25, 0.3) is 0 Å². The fourth-order valence-electron chi connectivity index (χ4n) is 7.16. The third-order valence-electron chi connectivity index (χ3n) is 10.1. The highest BCUT2D eigenvalue weighted by molar-refractivity contribution is 6.26. The molecule has 5 N–H and O–H groups in total. The van der Waals surface area contributed by atoms with Crippen molar-refractivity contribution < 1.29 is 43.7 Å². The molecule has 1 unspecified atom stereocenters. The average molecular weight is 726 g/mol. The number of allylic oxidation sites excluding steroid dienone is 1. The van der Waals surface area contributed by atoms with E-state index < -0.39 is 54.1 Å². The van der Waals surface area contributed by atoms with E-state index in [1.165, 1.54) is 14.2 Å². The predicted octanol–water partition coefficient (Wildman–Crippen LogP) is 5.74. The van der Waals surface area contributed by atoms with Crippen LogP contribution in [0.15, 0.2) is 24.8 Å². The Bertz CT molecular complexity index is 2260. The Balaban J connectivity index is 1.87. The molecular weight excluding hydrogens is 682 g/mol. The number of esters is 2. The van der Waals surface area contributed by atoms with E-state index in [0.717, 1.165) is 44.3 Å². The number of hydrogen-bond donors (Lipinski definition) is 5. The van der Waals surface area contributed by atoms with Crippen LogP contribution in [0.3, 0.4) is 0 Å². The number of aryl methyl sites for hydroxylation is 3. The standard InChI is InChI=1S/C39H43N5O9/c1-9-21-17(3)24-13-26-19(5)23(11-12-31(45)42-30(37(48)49)16-32(46)47)35(43-26)34(39(51)53-8)36-33(38(50)52-7)20(6)27(44-36)15-29-22(10-2)18(4)25(41-29)14-28(21)40-24/h9,13-15,19,23,30,40-41H,1,10-12,16H2,2-8H3,(H,42,45)(H,46,47)(H,48,49)/t19-,23-,30?/m0/s1. The van der Waals surface area contributed by atoms with Gasteiger partial charge in [-0.1, -0.05) is 26.5 Å². The molecule has 14 heteroatoms. The number of hydrogen-bond acceptors (Lipinski definition) is 9. The molecule has 1 amide bonds. The summed E-state index contributed by atoms with van der Waals surface area (Å²) in [6.45, 7) is 13.7. The molecule has 5 rings (SSSR count). The minimum Gasteiger partial charge on any atom is -0.481 e.